The van der Waals surface area contributed by atoms with Crippen molar-refractivity contribution in [3.8, 4) is 22.9 Å². The molecule has 0 bridgehead atoms. The molecule has 6 nitrogen and oxygen atoms in total. The quantitative estimate of drug-likeness (QED) is 0.863. The van der Waals surface area contributed by atoms with Gasteiger partial charge in [0.25, 0.3) is 0 Å². The van der Waals surface area contributed by atoms with Crippen LogP contribution in [0.25, 0.3) is 11.4 Å². The van der Waals surface area contributed by atoms with Crippen molar-refractivity contribution < 1.29 is 14.4 Å². The third-order valence-corrected chi connectivity index (χ3v) is 3.54. The number of aromatic hydroxyl groups is 1. The van der Waals surface area contributed by atoms with E-state index < -0.39 is 0 Å². The van der Waals surface area contributed by atoms with Crippen molar-refractivity contribution in [2.45, 2.75) is 25.3 Å². The number of aromatic nitrogens is 2. The van der Waals surface area contributed by atoms with E-state index in [1.807, 2.05) is 0 Å². The van der Waals surface area contributed by atoms with Crippen LogP contribution in [0.15, 0.2) is 22.7 Å². The van der Waals surface area contributed by atoms with Crippen molar-refractivity contribution in [3.63, 3.8) is 0 Å². The third-order valence-electron chi connectivity index (χ3n) is 3.54. The Morgan fingerprint density at radius 3 is 3.00 bits per heavy atom. The Morgan fingerprint density at radius 1 is 1.50 bits per heavy atom. The predicted molar refractivity (Wildman–Crippen MR) is 72.4 cm³/mol. The van der Waals surface area contributed by atoms with Crippen LogP contribution in [0.1, 0.15) is 18.7 Å². The Labute approximate surface area is 116 Å². The van der Waals surface area contributed by atoms with Gasteiger partial charge < -0.3 is 20.1 Å². The zero-order valence-electron chi connectivity index (χ0n) is 11.2. The monoisotopic (exact) mass is 275 g/mol. The Bertz CT molecular complexity index is 607. The van der Waals surface area contributed by atoms with Crippen molar-refractivity contribution in [2.24, 2.45) is 11.7 Å². The van der Waals surface area contributed by atoms with E-state index in [4.69, 9.17) is 15.0 Å². The van der Waals surface area contributed by atoms with E-state index in [1.165, 1.54) is 20.0 Å². The lowest BCUT2D eigenvalue weighted by atomic mass is 10.1. The number of nitrogens with zero attached hydrogens (tertiary/aromatic N) is 2. The Kier molecular flexibility index (Phi) is 3.31. The molecule has 106 valence electrons. The largest absolute Gasteiger partial charge is 0.504 e. The summed E-state index contributed by atoms with van der Waals surface area (Å²) < 4.78 is 10.3. The lowest BCUT2D eigenvalue weighted by molar-refractivity contribution is 0.363. The molecule has 1 saturated carbocycles. The number of hydrogen-bond acceptors (Lipinski definition) is 6. The molecule has 0 saturated heterocycles. The molecule has 2 aromatic rings. The minimum atomic E-state index is 0.0794. The van der Waals surface area contributed by atoms with Crippen LogP contribution in [0.5, 0.6) is 11.5 Å². The van der Waals surface area contributed by atoms with Crippen molar-refractivity contribution in [3.05, 3.63) is 24.1 Å². The molecule has 0 aliphatic heterocycles. The number of benzene rings is 1. The summed E-state index contributed by atoms with van der Waals surface area (Å²) in [4.78, 5) is 4.34. The Morgan fingerprint density at radius 2 is 2.30 bits per heavy atom. The maximum atomic E-state index is 9.57. The molecule has 1 aliphatic rings. The normalized spacial score (nSPS) is 16.1. The average molecular weight is 275 g/mol. The fraction of sp³-hybridized carbons (Fsp3) is 0.429. The summed E-state index contributed by atoms with van der Waals surface area (Å²) in [5.74, 6) is 2.08. The van der Waals surface area contributed by atoms with Gasteiger partial charge in [-0.25, -0.2) is 0 Å². The van der Waals surface area contributed by atoms with Crippen LogP contribution < -0.4 is 10.5 Å². The van der Waals surface area contributed by atoms with Gasteiger partial charge in [-0.3, -0.25) is 0 Å². The van der Waals surface area contributed by atoms with E-state index in [9.17, 15) is 5.11 Å². The predicted octanol–water partition coefficient (Wildman–Crippen LogP) is 1.73. The minimum absolute atomic E-state index is 0.0794. The molecule has 20 heavy (non-hydrogen) atoms. The smallest absolute Gasteiger partial charge is 0.228 e. The maximum Gasteiger partial charge on any atom is 0.228 e. The molecule has 1 aliphatic carbocycles. The van der Waals surface area contributed by atoms with Crippen LogP contribution >= 0.6 is 0 Å². The van der Waals surface area contributed by atoms with Crippen LogP contribution in [-0.2, 0) is 6.42 Å². The first kappa shape index (κ1) is 12.9. The minimum Gasteiger partial charge on any atom is -0.504 e. The van der Waals surface area contributed by atoms with Gasteiger partial charge >= 0.3 is 0 Å². The van der Waals surface area contributed by atoms with Crippen molar-refractivity contribution in [2.75, 3.05) is 7.11 Å². The van der Waals surface area contributed by atoms with E-state index >= 15 is 0 Å². The van der Waals surface area contributed by atoms with Crippen LogP contribution in [0.3, 0.4) is 0 Å². The van der Waals surface area contributed by atoms with Crippen molar-refractivity contribution in [1.82, 2.24) is 10.1 Å². The third kappa shape index (κ3) is 2.60. The highest BCUT2D eigenvalue weighted by molar-refractivity contribution is 5.60. The summed E-state index contributed by atoms with van der Waals surface area (Å²) in [5.41, 5.74) is 6.77. The molecule has 1 fully saturated rings. The van der Waals surface area contributed by atoms with Crippen molar-refractivity contribution >= 4 is 0 Å². The molecule has 1 atom stereocenters. The highest BCUT2D eigenvalue weighted by Crippen LogP contribution is 2.33. The van der Waals surface area contributed by atoms with Crippen LogP contribution in [0, 0.1) is 5.92 Å². The van der Waals surface area contributed by atoms with Gasteiger partial charge in [-0.15, -0.1) is 0 Å². The zero-order valence-corrected chi connectivity index (χ0v) is 11.2. The van der Waals surface area contributed by atoms with E-state index in [-0.39, 0.29) is 11.8 Å². The molecule has 1 aromatic heterocycles. The Hall–Kier alpha value is -2.08. The molecule has 1 aromatic carbocycles. The van der Waals surface area contributed by atoms with Gasteiger partial charge in [-0.2, -0.15) is 4.98 Å². The standard InChI is InChI=1S/C14H17N3O3/c1-19-12-6-9(4-5-11(12)18)14-16-13(20-17-14)7-10(15)8-2-3-8/h4-6,8,10,18H,2-3,7,15H2,1H3. The first-order chi connectivity index (χ1) is 9.67. The average Bonchev–Trinajstić information content (AvgIpc) is 3.20. The Balaban J connectivity index is 1.78. The highest BCUT2D eigenvalue weighted by atomic mass is 16.5. The summed E-state index contributed by atoms with van der Waals surface area (Å²) >= 11 is 0. The molecule has 0 radical (unpaired) electrons. The number of phenolic OH excluding ortho intramolecular Hbond substituents is 1. The topological polar surface area (TPSA) is 94.4 Å². The van der Waals surface area contributed by atoms with Crippen LogP contribution in [0.4, 0.5) is 0 Å². The SMILES string of the molecule is COc1cc(-c2noc(CC(N)C3CC3)n2)ccc1O. The van der Waals surface area contributed by atoms with Crippen LogP contribution in [0.2, 0.25) is 0 Å². The number of phenols is 1. The molecule has 1 unspecified atom stereocenters. The second-order valence-corrected chi connectivity index (χ2v) is 5.10. The van der Waals surface area contributed by atoms with E-state index in [0.717, 1.165) is 5.56 Å². The van der Waals surface area contributed by atoms with Gasteiger partial charge in [0.2, 0.25) is 11.7 Å². The van der Waals surface area contributed by atoms with Gasteiger partial charge in [0, 0.05) is 18.0 Å². The van der Waals surface area contributed by atoms with E-state index in [0.29, 0.717) is 29.8 Å². The molecule has 6 heteroatoms. The summed E-state index contributed by atoms with van der Waals surface area (Å²) in [7, 11) is 1.50. The number of ether oxygens (including phenoxy) is 1. The molecule has 0 spiro atoms. The van der Waals surface area contributed by atoms with Gasteiger partial charge in [0.1, 0.15) is 0 Å². The van der Waals surface area contributed by atoms with E-state index in [1.54, 1.807) is 18.2 Å². The van der Waals surface area contributed by atoms with Crippen LogP contribution in [-0.4, -0.2) is 28.4 Å². The van der Waals surface area contributed by atoms with Crippen molar-refractivity contribution in [1.29, 1.82) is 0 Å². The van der Waals surface area contributed by atoms with Gasteiger partial charge in [-0.1, -0.05) is 5.16 Å². The molecule has 3 N–H and O–H groups in total. The second-order valence-electron chi connectivity index (χ2n) is 5.10. The number of hydrogen-bond donors (Lipinski definition) is 2. The maximum absolute atomic E-state index is 9.57. The second kappa shape index (κ2) is 5.13. The first-order valence-corrected chi connectivity index (χ1v) is 6.63. The fourth-order valence-corrected chi connectivity index (χ4v) is 2.16. The first-order valence-electron chi connectivity index (χ1n) is 6.63. The molecule has 0 amide bonds. The zero-order chi connectivity index (χ0) is 14.1. The highest BCUT2D eigenvalue weighted by Gasteiger charge is 2.29. The number of nitrogens with two attached hydrogens (primary N) is 1. The molecular weight excluding hydrogens is 258 g/mol. The fourth-order valence-electron chi connectivity index (χ4n) is 2.16. The lowest BCUT2D eigenvalue weighted by Gasteiger charge is -2.05. The molecule has 3 rings (SSSR count). The molecule has 1 heterocycles. The van der Waals surface area contributed by atoms with E-state index in [2.05, 4.69) is 10.1 Å². The summed E-state index contributed by atoms with van der Waals surface area (Å²) in [5, 5.41) is 13.5. The number of rotatable bonds is 5. The summed E-state index contributed by atoms with van der Waals surface area (Å²) in [6, 6.07) is 5.02. The van der Waals surface area contributed by atoms with Gasteiger partial charge in [0.05, 0.1) is 7.11 Å². The number of methoxy groups -OCH3 is 1. The summed E-state index contributed by atoms with van der Waals surface area (Å²) in [6.45, 7) is 0. The lowest BCUT2D eigenvalue weighted by Crippen LogP contribution is -2.25. The van der Waals surface area contributed by atoms with Gasteiger partial charge in [-0.05, 0) is 37.0 Å². The molecular formula is C14H17N3O3. The van der Waals surface area contributed by atoms with Gasteiger partial charge in [0.15, 0.2) is 11.5 Å². The summed E-state index contributed by atoms with van der Waals surface area (Å²) in [6.07, 6.45) is 2.99.